The van der Waals surface area contributed by atoms with Gasteiger partial charge in [-0.05, 0) is 25.8 Å². The van der Waals surface area contributed by atoms with Gasteiger partial charge in [-0.1, -0.05) is 24.2 Å². The Bertz CT molecular complexity index is 1110. The summed E-state index contributed by atoms with van der Waals surface area (Å²) >= 11 is 5.84. The average molecular weight is 477 g/mol. The lowest BCUT2D eigenvalue weighted by Crippen LogP contribution is -2.41. The Kier molecular flexibility index (Phi) is 7.83. The lowest BCUT2D eigenvalue weighted by Gasteiger charge is -2.38. The third-order valence-corrected chi connectivity index (χ3v) is 5.64. The Labute approximate surface area is 195 Å². The van der Waals surface area contributed by atoms with Crippen LogP contribution in [0.2, 0.25) is 0 Å². The summed E-state index contributed by atoms with van der Waals surface area (Å²) in [6.07, 6.45) is 0.871. The van der Waals surface area contributed by atoms with Gasteiger partial charge in [0.25, 0.3) is 11.6 Å². The fraction of sp³-hybridized carbons (Fsp3) is 0.409. The van der Waals surface area contributed by atoms with E-state index in [9.17, 15) is 20.0 Å². The fourth-order valence-corrected chi connectivity index (χ4v) is 4.03. The van der Waals surface area contributed by atoms with Crippen LogP contribution in [0.25, 0.3) is 11.1 Å². The molecule has 11 heteroatoms. The molecule has 1 unspecified atom stereocenters. The minimum absolute atomic E-state index is 0.0163. The molecule has 1 aliphatic rings. The van der Waals surface area contributed by atoms with E-state index in [4.69, 9.17) is 20.9 Å². The van der Waals surface area contributed by atoms with E-state index in [1.165, 1.54) is 18.2 Å². The van der Waals surface area contributed by atoms with Crippen LogP contribution in [0.5, 0.6) is 0 Å². The summed E-state index contributed by atoms with van der Waals surface area (Å²) in [6, 6.07) is 5.30. The smallest absolute Gasteiger partial charge is 0.334 e. The Morgan fingerprint density at radius 2 is 2.12 bits per heavy atom. The van der Waals surface area contributed by atoms with Crippen molar-refractivity contribution in [2.24, 2.45) is 0 Å². The number of carboxylic acids is 1. The normalized spacial score (nSPS) is 16.5. The lowest BCUT2D eigenvalue weighted by atomic mass is 9.84. The van der Waals surface area contributed by atoms with Crippen LogP contribution >= 0.6 is 11.6 Å². The number of halogens is 1. The number of benzene rings is 1. The zero-order chi connectivity index (χ0) is 24.1. The maximum Gasteiger partial charge on any atom is 0.334 e. The summed E-state index contributed by atoms with van der Waals surface area (Å²) in [5.74, 6) is -0.790. The molecule has 10 nitrogen and oxygen atoms in total. The van der Waals surface area contributed by atoms with Gasteiger partial charge in [0, 0.05) is 36.6 Å². The van der Waals surface area contributed by atoms with Crippen molar-refractivity contribution in [3.8, 4) is 0 Å². The molecule has 176 valence electrons. The summed E-state index contributed by atoms with van der Waals surface area (Å²) in [7, 11) is 0. The van der Waals surface area contributed by atoms with Gasteiger partial charge < -0.3 is 19.3 Å². The van der Waals surface area contributed by atoms with E-state index < -0.39 is 16.9 Å². The molecule has 33 heavy (non-hydrogen) atoms. The van der Waals surface area contributed by atoms with Crippen molar-refractivity contribution in [1.29, 1.82) is 0 Å². The predicted molar refractivity (Wildman–Crippen MR) is 121 cm³/mol. The molecule has 0 saturated heterocycles. The molecule has 0 radical (unpaired) electrons. The van der Waals surface area contributed by atoms with E-state index in [2.05, 4.69) is 10.1 Å². The molecule has 1 aliphatic heterocycles. The maximum absolute atomic E-state index is 12.5. The highest BCUT2D eigenvalue weighted by atomic mass is 35.5. The van der Waals surface area contributed by atoms with Crippen molar-refractivity contribution < 1.29 is 24.1 Å². The van der Waals surface area contributed by atoms with E-state index in [0.29, 0.717) is 42.2 Å². The van der Waals surface area contributed by atoms with E-state index in [0.717, 1.165) is 6.42 Å². The first-order chi connectivity index (χ1) is 15.8. The molecule has 2 heterocycles. The predicted octanol–water partition coefficient (Wildman–Crippen LogP) is 4.12. The van der Waals surface area contributed by atoms with Gasteiger partial charge in [-0.15, -0.1) is 11.6 Å². The topological polar surface area (TPSA) is 132 Å². The highest BCUT2D eigenvalue weighted by Crippen LogP contribution is 2.43. The summed E-state index contributed by atoms with van der Waals surface area (Å²) in [5, 5.41) is 25.4. The average Bonchev–Trinajstić information content (AvgIpc) is 3.26. The number of aromatic nitrogens is 2. The van der Waals surface area contributed by atoms with Gasteiger partial charge >= 0.3 is 5.97 Å². The number of rotatable bonds is 10. The number of non-ortho nitro benzene ring substituents is 1. The summed E-state index contributed by atoms with van der Waals surface area (Å²) < 4.78 is 11.0. The van der Waals surface area contributed by atoms with Crippen LogP contribution < -0.4 is 0 Å². The molecule has 1 N–H and O–H groups in total. The minimum atomic E-state index is -1.15. The third-order valence-electron chi connectivity index (χ3n) is 5.40. The molecule has 0 spiro atoms. The van der Waals surface area contributed by atoms with Crippen molar-refractivity contribution in [2.45, 2.75) is 39.1 Å². The Morgan fingerprint density at radius 3 is 2.73 bits per heavy atom. The lowest BCUT2D eigenvalue weighted by molar-refractivity contribution is -0.384. The van der Waals surface area contributed by atoms with Gasteiger partial charge in [0.2, 0.25) is 0 Å². The molecule has 1 aromatic carbocycles. The number of allylic oxidation sites excluding steroid dienone is 3. The molecule has 1 aromatic heterocycles. The highest BCUT2D eigenvalue weighted by Gasteiger charge is 2.37. The number of alkyl halides is 1. The third kappa shape index (κ3) is 5.07. The number of nitro benzene ring substituents is 1. The van der Waals surface area contributed by atoms with Gasteiger partial charge in [0.1, 0.15) is 0 Å². The van der Waals surface area contributed by atoms with Crippen LogP contribution in [-0.2, 0) is 15.4 Å². The molecular weight excluding hydrogens is 452 g/mol. The zero-order valence-electron chi connectivity index (χ0n) is 18.6. The standard InChI is InChI=1S/C22H25ClN4O6/c1-4-9-32-10-8-26-13(2)18(21-24-17(12-23)25-33-21)20(19(14(26)3)22(28)29)15-6-5-7-16(11-15)27(30)31/h5-7,11,14H,4,8-10,12H2,1-3H3,(H,28,29). The van der Waals surface area contributed by atoms with Crippen molar-refractivity contribution in [3.05, 3.63) is 62.9 Å². The van der Waals surface area contributed by atoms with Crippen molar-refractivity contribution in [3.63, 3.8) is 0 Å². The molecule has 2 aromatic rings. The van der Waals surface area contributed by atoms with Gasteiger partial charge in [0.15, 0.2) is 5.82 Å². The molecule has 0 saturated carbocycles. The largest absolute Gasteiger partial charge is 0.478 e. The summed E-state index contributed by atoms with van der Waals surface area (Å²) in [6.45, 7) is 7.05. The molecule has 0 fully saturated rings. The zero-order valence-corrected chi connectivity index (χ0v) is 19.3. The first-order valence-corrected chi connectivity index (χ1v) is 11.0. The highest BCUT2D eigenvalue weighted by molar-refractivity contribution is 6.17. The minimum Gasteiger partial charge on any atom is -0.478 e. The quantitative estimate of drug-likeness (QED) is 0.232. The maximum atomic E-state index is 12.5. The number of aliphatic carboxylic acids is 1. The Hall–Kier alpha value is -3.24. The van der Waals surface area contributed by atoms with Crippen LogP contribution in [0.4, 0.5) is 5.69 Å². The number of hydrogen-bond donors (Lipinski definition) is 1. The van der Waals surface area contributed by atoms with E-state index >= 15 is 0 Å². The van der Waals surface area contributed by atoms with Crippen molar-refractivity contribution >= 4 is 34.4 Å². The van der Waals surface area contributed by atoms with Gasteiger partial charge in [-0.3, -0.25) is 10.1 Å². The SMILES string of the molecule is CCCOCCN1C(C)=C(c2nc(CCl)no2)C(c2cccc([N+](=O)[O-])c2)=C(C(=O)O)C1C. The van der Waals surface area contributed by atoms with Gasteiger partial charge in [-0.25, -0.2) is 4.79 Å². The number of carboxylic acid groups (broad SMARTS) is 1. The van der Waals surface area contributed by atoms with Gasteiger partial charge in [0.05, 0.1) is 34.6 Å². The molecule has 0 aliphatic carbocycles. The van der Waals surface area contributed by atoms with Crippen LogP contribution in [0, 0.1) is 10.1 Å². The molecule has 1 atom stereocenters. The number of ether oxygens (including phenoxy) is 1. The van der Waals surface area contributed by atoms with Crippen LogP contribution in [0.15, 0.2) is 40.1 Å². The van der Waals surface area contributed by atoms with Crippen LogP contribution in [-0.4, -0.2) is 56.8 Å². The van der Waals surface area contributed by atoms with Crippen molar-refractivity contribution in [1.82, 2.24) is 15.0 Å². The van der Waals surface area contributed by atoms with E-state index in [-0.39, 0.29) is 28.9 Å². The van der Waals surface area contributed by atoms with Crippen LogP contribution in [0.1, 0.15) is 44.5 Å². The van der Waals surface area contributed by atoms with E-state index in [1.807, 2.05) is 18.7 Å². The summed E-state index contributed by atoms with van der Waals surface area (Å²) in [5.41, 5.74) is 1.67. The Morgan fingerprint density at radius 1 is 1.36 bits per heavy atom. The number of nitrogens with zero attached hydrogens (tertiary/aromatic N) is 4. The number of nitro groups is 1. The second kappa shape index (κ2) is 10.6. The summed E-state index contributed by atoms with van der Waals surface area (Å²) in [4.78, 5) is 29.5. The number of carbonyl (C=O) groups is 1. The van der Waals surface area contributed by atoms with Gasteiger partial charge in [-0.2, -0.15) is 4.98 Å². The fourth-order valence-electron chi connectivity index (χ4n) is 3.92. The van der Waals surface area contributed by atoms with Crippen molar-refractivity contribution in [2.75, 3.05) is 19.8 Å². The monoisotopic (exact) mass is 476 g/mol. The number of hydrogen-bond acceptors (Lipinski definition) is 8. The molecule has 0 amide bonds. The van der Waals surface area contributed by atoms with Crippen LogP contribution in [0.3, 0.4) is 0 Å². The Balaban J connectivity index is 2.23. The molecular formula is C22H25ClN4O6. The molecule has 0 bridgehead atoms. The van der Waals surface area contributed by atoms with E-state index in [1.54, 1.807) is 13.0 Å². The second-order valence-corrected chi connectivity index (χ2v) is 7.76. The second-order valence-electron chi connectivity index (χ2n) is 7.49. The first-order valence-electron chi connectivity index (χ1n) is 10.5. The first kappa shape index (κ1) is 24.4. The molecule has 3 rings (SSSR count).